The van der Waals surface area contributed by atoms with Crippen LogP contribution in [0.15, 0.2) is 48.5 Å². The molecule has 0 amide bonds. The van der Waals surface area contributed by atoms with Crippen LogP contribution in [0.1, 0.15) is 80.1 Å². The molecule has 2 saturated carbocycles. The molecule has 32 heavy (non-hydrogen) atoms. The lowest BCUT2D eigenvalue weighted by Crippen LogP contribution is -2.22. The van der Waals surface area contributed by atoms with Gasteiger partial charge < -0.3 is 20.5 Å². The molecule has 2 aromatic rings. The van der Waals surface area contributed by atoms with E-state index >= 15 is 0 Å². The molecule has 174 valence electrons. The molecule has 0 aliphatic heterocycles. The van der Waals surface area contributed by atoms with Crippen LogP contribution in [0.2, 0.25) is 0 Å². The first-order chi connectivity index (χ1) is 15.7. The summed E-state index contributed by atoms with van der Waals surface area (Å²) in [6.07, 6.45) is 13.2. The second-order valence-corrected chi connectivity index (χ2v) is 8.88. The van der Waals surface area contributed by atoms with E-state index in [1.54, 1.807) is 12.1 Å². The van der Waals surface area contributed by atoms with Gasteiger partial charge in [0.25, 0.3) is 0 Å². The molecule has 0 unspecified atom stereocenters. The van der Waals surface area contributed by atoms with Crippen LogP contribution in [-0.4, -0.2) is 30.3 Å². The number of hydrogen-bond donors (Lipinski definition) is 3. The minimum absolute atomic E-state index is 0.129. The number of aliphatic hydroxyl groups is 1. The predicted octanol–water partition coefficient (Wildman–Crippen LogP) is 6.14. The summed E-state index contributed by atoms with van der Waals surface area (Å²) in [6, 6.07) is 16.8. The molecule has 0 bridgehead atoms. The fourth-order valence-electron chi connectivity index (χ4n) is 4.49. The standard InChI is InChI=1S/C14H19NO2.C13H19NO/c1-17-14(16)11-7-9-13(10-8-11)15-12-5-3-2-4-6-12;15-10-11-6-8-13(9-7-11)14-12-4-2-1-3-5-12/h7-10,12,15H,2-6H2,1H3;6-9,12,14-15H,1-5,10H2. The molecule has 3 N–H and O–H groups in total. The van der Waals surface area contributed by atoms with Gasteiger partial charge in [-0.15, -0.1) is 0 Å². The van der Waals surface area contributed by atoms with Crippen LogP contribution in [0, 0.1) is 0 Å². The van der Waals surface area contributed by atoms with Gasteiger partial charge in [0, 0.05) is 23.5 Å². The van der Waals surface area contributed by atoms with Crippen LogP contribution in [0.4, 0.5) is 11.4 Å². The third kappa shape index (κ3) is 7.86. The van der Waals surface area contributed by atoms with Gasteiger partial charge in [-0.25, -0.2) is 4.79 Å². The first kappa shape index (κ1) is 24.1. The maximum absolute atomic E-state index is 11.3. The van der Waals surface area contributed by atoms with E-state index in [0.717, 1.165) is 11.3 Å². The maximum Gasteiger partial charge on any atom is 0.337 e. The monoisotopic (exact) mass is 438 g/mol. The molecule has 0 radical (unpaired) electrons. The van der Waals surface area contributed by atoms with Crippen molar-refractivity contribution < 1.29 is 14.6 Å². The Balaban J connectivity index is 0.000000182. The van der Waals surface area contributed by atoms with Crippen molar-refractivity contribution in [2.75, 3.05) is 17.7 Å². The number of anilines is 2. The third-order valence-electron chi connectivity index (χ3n) is 6.39. The molecule has 5 nitrogen and oxygen atoms in total. The van der Waals surface area contributed by atoms with Gasteiger partial charge in [-0.2, -0.15) is 0 Å². The van der Waals surface area contributed by atoms with Gasteiger partial charge in [-0.1, -0.05) is 50.7 Å². The molecular formula is C27H38N2O3. The van der Waals surface area contributed by atoms with E-state index in [9.17, 15) is 4.79 Å². The number of methoxy groups -OCH3 is 1. The largest absolute Gasteiger partial charge is 0.465 e. The van der Waals surface area contributed by atoms with E-state index in [-0.39, 0.29) is 12.6 Å². The zero-order valence-electron chi connectivity index (χ0n) is 19.3. The van der Waals surface area contributed by atoms with Gasteiger partial charge in [0.1, 0.15) is 0 Å². The molecule has 2 aliphatic carbocycles. The minimum atomic E-state index is -0.283. The summed E-state index contributed by atoms with van der Waals surface area (Å²) in [5.41, 5.74) is 3.84. The first-order valence-electron chi connectivity index (χ1n) is 12.1. The summed E-state index contributed by atoms with van der Waals surface area (Å²) in [7, 11) is 1.40. The number of nitrogens with one attached hydrogen (secondary N) is 2. The average Bonchev–Trinajstić information content (AvgIpc) is 2.86. The summed E-state index contributed by atoms with van der Waals surface area (Å²) in [5, 5.41) is 16.0. The Hall–Kier alpha value is -2.53. The van der Waals surface area contributed by atoms with E-state index in [4.69, 9.17) is 5.11 Å². The second-order valence-electron chi connectivity index (χ2n) is 8.88. The molecule has 2 aromatic carbocycles. The highest BCUT2D eigenvalue weighted by Gasteiger charge is 2.13. The van der Waals surface area contributed by atoms with Crippen molar-refractivity contribution in [2.45, 2.75) is 82.9 Å². The van der Waals surface area contributed by atoms with Crippen molar-refractivity contribution in [3.05, 3.63) is 59.7 Å². The Morgan fingerprint density at radius 1 is 0.781 bits per heavy atom. The molecule has 0 spiro atoms. The molecule has 4 rings (SSSR count). The molecule has 2 fully saturated rings. The summed E-state index contributed by atoms with van der Waals surface area (Å²) >= 11 is 0. The van der Waals surface area contributed by atoms with Crippen LogP contribution in [0.25, 0.3) is 0 Å². The number of rotatable bonds is 6. The highest BCUT2D eigenvalue weighted by molar-refractivity contribution is 5.89. The quantitative estimate of drug-likeness (QED) is 0.473. The Kier molecular flexibility index (Phi) is 9.89. The highest BCUT2D eigenvalue weighted by atomic mass is 16.5. The van der Waals surface area contributed by atoms with E-state index in [2.05, 4.69) is 27.5 Å². The van der Waals surface area contributed by atoms with Crippen molar-refractivity contribution in [1.82, 2.24) is 0 Å². The zero-order valence-corrected chi connectivity index (χ0v) is 19.3. The van der Waals surface area contributed by atoms with Crippen LogP contribution in [-0.2, 0) is 11.3 Å². The SMILES string of the molecule is COC(=O)c1ccc(NC2CCCCC2)cc1.OCc1ccc(NC2CCCCC2)cc1. The predicted molar refractivity (Wildman–Crippen MR) is 131 cm³/mol. The Bertz CT molecular complexity index is 793. The number of benzene rings is 2. The number of carbonyl (C=O) groups is 1. The fourth-order valence-corrected chi connectivity index (χ4v) is 4.49. The molecule has 0 saturated heterocycles. The lowest BCUT2D eigenvalue weighted by molar-refractivity contribution is 0.0601. The number of ether oxygens (including phenoxy) is 1. The van der Waals surface area contributed by atoms with Crippen molar-refractivity contribution in [3.8, 4) is 0 Å². The first-order valence-corrected chi connectivity index (χ1v) is 12.1. The second kappa shape index (κ2) is 13.1. The van der Waals surface area contributed by atoms with Crippen molar-refractivity contribution in [1.29, 1.82) is 0 Å². The molecule has 2 aliphatic rings. The summed E-state index contributed by atoms with van der Waals surface area (Å²) < 4.78 is 4.67. The molecule has 5 heteroatoms. The van der Waals surface area contributed by atoms with Crippen LogP contribution in [0.3, 0.4) is 0 Å². The lowest BCUT2D eigenvalue weighted by Gasteiger charge is -2.23. The van der Waals surface area contributed by atoms with Crippen molar-refractivity contribution in [3.63, 3.8) is 0 Å². The Labute approximate surface area is 192 Å². The third-order valence-corrected chi connectivity index (χ3v) is 6.39. The smallest absolute Gasteiger partial charge is 0.337 e. The van der Waals surface area contributed by atoms with E-state index in [1.165, 1.54) is 77.0 Å². The van der Waals surface area contributed by atoms with Gasteiger partial charge in [0.15, 0.2) is 0 Å². The van der Waals surface area contributed by atoms with Gasteiger partial charge in [0.05, 0.1) is 19.3 Å². The van der Waals surface area contributed by atoms with E-state index < -0.39 is 0 Å². The fraction of sp³-hybridized carbons (Fsp3) is 0.519. The molecule has 0 atom stereocenters. The minimum Gasteiger partial charge on any atom is -0.465 e. The van der Waals surface area contributed by atoms with Gasteiger partial charge in [-0.05, 0) is 67.6 Å². The molecule has 0 heterocycles. The number of carbonyl (C=O) groups excluding carboxylic acids is 1. The average molecular weight is 439 g/mol. The normalized spacial score (nSPS) is 17.1. The van der Waals surface area contributed by atoms with E-state index in [1.807, 2.05) is 24.3 Å². The highest BCUT2D eigenvalue weighted by Crippen LogP contribution is 2.23. The van der Waals surface area contributed by atoms with Gasteiger partial charge in [-0.3, -0.25) is 0 Å². The Morgan fingerprint density at radius 3 is 1.62 bits per heavy atom. The topological polar surface area (TPSA) is 70.6 Å². The summed E-state index contributed by atoms with van der Waals surface area (Å²) in [5.74, 6) is -0.283. The maximum atomic E-state index is 11.3. The van der Waals surface area contributed by atoms with Gasteiger partial charge in [0.2, 0.25) is 0 Å². The van der Waals surface area contributed by atoms with Crippen LogP contribution < -0.4 is 10.6 Å². The van der Waals surface area contributed by atoms with Crippen molar-refractivity contribution in [2.24, 2.45) is 0 Å². The summed E-state index contributed by atoms with van der Waals surface area (Å²) in [6.45, 7) is 0.129. The number of aliphatic hydroxyl groups excluding tert-OH is 1. The number of hydrogen-bond acceptors (Lipinski definition) is 5. The Morgan fingerprint density at radius 2 is 1.22 bits per heavy atom. The number of esters is 1. The van der Waals surface area contributed by atoms with Crippen molar-refractivity contribution >= 4 is 17.3 Å². The molecule has 0 aromatic heterocycles. The van der Waals surface area contributed by atoms with Crippen LogP contribution >= 0.6 is 0 Å². The summed E-state index contributed by atoms with van der Waals surface area (Å²) in [4.78, 5) is 11.3. The van der Waals surface area contributed by atoms with E-state index in [0.29, 0.717) is 17.6 Å². The lowest BCUT2D eigenvalue weighted by atomic mass is 9.95. The zero-order chi connectivity index (χ0) is 22.6. The van der Waals surface area contributed by atoms with Gasteiger partial charge >= 0.3 is 5.97 Å². The van der Waals surface area contributed by atoms with Crippen LogP contribution in [0.5, 0.6) is 0 Å². The molecular weight excluding hydrogens is 400 g/mol.